The van der Waals surface area contributed by atoms with Crippen molar-refractivity contribution < 1.29 is 34.8 Å². The van der Waals surface area contributed by atoms with Crippen molar-refractivity contribution in [2.24, 2.45) is 28.9 Å². The van der Waals surface area contributed by atoms with E-state index in [-0.39, 0.29) is 30.1 Å². The molecule has 302 valence electrons. The largest absolute Gasteiger partial charge is 0.504 e. The number of aromatic hydroxyl groups is 1. The summed E-state index contributed by atoms with van der Waals surface area (Å²) in [7, 11) is 1.48. The number of carbonyl (C=O) groups excluding carboxylic acids is 2. The number of aromatic amines is 1. The van der Waals surface area contributed by atoms with Crippen LogP contribution < -0.4 is 21.1 Å². The van der Waals surface area contributed by atoms with Crippen LogP contribution in [0.4, 0.5) is 0 Å². The topological polar surface area (TPSA) is 190 Å². The number of H-pyrrole nitrogens is 1. The van der Waals surface area contributed by atoms with Gasteiger partial charge in [0.2, 0.25) is 0 Å². The standard InChI is InChI=1S/C45H60N4O7/c1-56-41-20-31-6-9-42(54)45(13-10-27(18-43(45)55)2-3-28-16-33-4-7-35(50)22-37(33)48-25-28)14-11-32(36(31)23-40(41)53)19-39(52)38(51)8-5-30-21-44(46)49-26-34(30)17-29-12-15-47-24-29/h12,15,20-21,23-24,27-28,32-33,37-39,43,47-49,51-53,55H,2-10,13,16-19,22,25-26,46H2,1H3/t27-,28-,32+,33+,37+,38+,39-,43+,45-/m0/s1. The van der Waals surface area contributed by atoms with E-state index < -0.39 is 29.6 Å². The number of allylic oxidation sites excluding steroid dienone is 2. The number of aryl methyl sites for hydroxylation is 1. The zero-order chi connectivity index (χ0) is 39.4. The number of dihydropyridines is 1. The number of fused-ring (bicyclic) bond motifs is 2. The monoisotopic (exact) mass is 768 g/mol. The number of rotatable bonds is 12. The molecule has 11 heteroatoms. The van der Waals surface area contributed by atoms with E-state index in [9.17, 15) is 30.0 Å². The number of hydrogen-bond donors (Lipinski definition) is 8. The number of ketones is 2. The van der Waals surface area contributed by atoms with Crippen LogP contribution in [0.15, 0.2) is 53.6 Å². The van der Waals surface area contributed by atoms with E-state index in [2.05, 4.69) is 27.5 Å². The van der Waals surface area contributed by atoms with Gasteiger partial charge in [0.15, 0.2) is 17.3 Å². The molecule has 0 radical (unpaired) electrons. The lowest BCUT2D eigenvalue weighted by atomic mass is 9.64. The number of piperidine rings is 1. The second-order valence-corrected chi connectivity index (χ2v) is 17.2. The van der Waals surface area contributed by atoms with Crippen molar-refractivity contribution in [2.75, 3.05) is 20.2 Å². The Morgan fingerprint density at radius 3 is 2.70 bits per heavy atom. The lowest BCUT2D eigenvalue weighted by Gasteiger charge is -2.42. The summed E-state index contributed by atoms with van der Waals surface area (Å²) in [6.45, 7) is 1.54. The average molecular weight is 769 g/mol. The first-order valence-electron chi connectivity index (χ1n) is 20.8. The minimum atomic E-state index is -1.22. The van der Waals surface area contributed by atoms with Gasteiger partial charge in [-0.25, -0.2) is 0 Å². The molecule has 5 aliphatic rings. The van der Waals surface area contributed by atoms with Crippen molar-refractivity contribution in [3.63, 3.8) is 0 Å². The smallest absolute Gasteiger partial charge is 0.160 e. The van der Waals surface area contributed by atoms with Gasteiger partial charge in [-0.3, -0.25) is 9.59 Å². The third-order valence-electron chi connectivity index (χ3n) is 13.6. The molecule has 2 aliphatic heterocycles. The highest BCUT2D eigenvalue weighted by molar-refractivity contribution is 5.89. The summed E-state index contributed by atoms with van der Waals surface area (Å²) >= 11 is 0. The van der Waals surface area contributed by atoms with Crippen LogP contribution >= 0.6 is 0 Å². The Hall–Kier alpha value is -4.08. The molecular weight excluding hydrogens is 709 g/mol. The van der Waals surface area contributed by atoms with E-state index in [1.54, 1.807) is 12.1 Å². The second kappa shape index (κ2) is 17.6. The molecule has 56 heavy (non-hydrogen) atoms. The molecule has 9 atom stereocenters. The number of nitrogens with two attached hydrogens (primary N) is 1. The highest BCUT2D eigenvalue weighted by Crippen LogP contribution is 2.45. The van der Waals surface area contributed by atoms with Gasteiger partial charge in [0.25, 0.3) is 0 Å². The summed E-state index contributed by atoms with van der Waals surface area (Å²) < 4.78 is 5.43. The number of aliphatic hydroxyl groups excluding tert-OH is 3. The molecule has 2 aromatic rings. The van der Waals surface area contributed by atoms with E-state index in [1.807, 2.05) is 24.5 Å². The first-order chi connectivity index (χ1) is 27.0. The summed E-state index contributed by atoms with van der Waals surface area (Å²) in [4.78, 5) is 29.2. The third-order valence-corrected chi connectivity index (χ3v) is 13.6. The molecule has 2 saturated carbocycles. The zero-order valence-electron chi connectivity index (χ0n) is 32.7. The zero-order valence-corrected chi connectivity index (χ0v) is 32.7. The van der Waals surface area contributed by atoms with Crippen LogP contribution in [-0.4, -0.2) is 81.5 Å². The molecule has 11 nitrogen and oxygen atoms in total. The lowest BCUT2D eigenvalue weighted by Crippen LogP contribution is -2.49. The van der Waals surface area contributed by atoms with Crippen molar-refractivity contribution in [1.29, 1.82) is 0 Å². The van der Waals surface area contributed by atoms with Crippen LogP contribution in [-0.2, 0) is 22.4 Å². The van der Waals surface area contributed by atoms with Crippen LogP contribution in [0.5, 0.6) is 11.5 Å². The number of methoxy groups -OCH3 is 1. The number of phenols is 1. The molecule has 1 aromatic heterocycles. The maximum absolute atomic E-state index is 14.1. The molecule has 3 aliphatic carbocycles. The van der Waals surface area contributed by atoms with Gasteiger partial charge in [-0.15, -0.1) is 0 Å². The Bertz CT molecular complexity index is 1860. The van der Waals surface area contributed by atoms with Gasteiger partial charge < -0.3 is 46.5 Å². The number of aromatic nitrogens is 1. The number of aliphatic hydroxyl groups is 3. The summed E-state index contributed by atoms with van der Waals surface area (Å²) in [5.74, 6) is 8.51. The van der Waals surface area contributed by atoms with Crippen LogP contribution in [0.1, 0.15) is 106 Å². The summed E-state index contributed by atoms with van der Waals surface area (Å²) in [5.41, 5.74) is 9.74. The van der Waals surface area contributed by atoms with Crippen molar-refractivity contribution in [2.45, 2.75) is 127 Å². The van der Waals surface area contributed by atoms with Crippen LogP contribution in [0.25, 0.3) is 0 Å². The van der Waals surface area contributed by atoms with E-state index in [0.717, 1.165) is 61.8 Å². The lowest BCUT2D eigenvalue weighted by molar-refractivity contribution is -0.134. The molecule has 1 aromatic carbocycles. The number of nitrogens with one attached hydrogen (secondary N) is 3. The Morgan fingerprint density at radius 2 is 1.91 bits per heavy atom. The van der Waals surface area contributed by atoms with E-state index in [0.29, 0.717) is 92.5 Å². The van der Waals surface area contributed by atoms with Gasteiger partial charge >= 0.3 is 0 Å². The van der Waals surface area contributed by atoms with E-state index in [4.69, 9.17) is 10.5 Å². The van der Waals surface area contributed by atoms with Gasteiger partial charge in [-0.05, 0) is 147 Å². The van der Waals surface area contributed by atoms with Gasteiger partial charge in [-0.1, -0.05) is 18.3 Å². The maximum atomic E-state index is 14.1. The highest BCUT2D eigenvalue weighted by Gasteiger charge is 2.47. The van der Waals surface area contributed by atoms with Crippen molar-refractivity contribution >= 4 is 11.6 Å². The fourth-order valence-electron chi connectivity index (χ4n) is 10.1. The van der Waals surface area contributed by atoms with Crippen molar-refractivity contribution in [3.05, 3.63) is 70.3 Å². The Labute approximate surface area is 330 Å². The molecule has 7 rings (SSSR count). The van der Waals surface area contributed by atoms with Crippen LogP contribution in [0.3, 0.4) is 0 Å². The summed E-state index contributed by atoms with van der Waals surface area (Å²) in [5, 5.41) is 52.4. The van der Waals surface area contributed by atoms with Crippen LogP contribution in [0, 0.1) is 35.0 Å². The minimum absolute atomic E-state index is 0.0632. The van der Waals surface area contributed by atoms with E-state index >= 15 is 0 Å². The Kier molecular flexibility index (Phi) is 12.6. The van der Waals surface area contributed by atoms with E-state index in [1.165, 1.54) is 12.7 Å². The average Bonchev–Trinajstić information content (AvgIpc) is 3.72. The quantitative estimate of drug-likeness (QED) is 0.143. The number of benzene rings is 1. The van der Waals surface area contributed by atoms with Crippen molar-refractivity contribution in [3.8, 4) is 23.3 Å². The molecule has 0 unspecified atom stereocenters. The first kappa shape index (κ1) is 40.1. The van der Waals surface area contributed by atoms with Crippen LogP contribution in [0.2, 0.25) is 0 Å². The van der Waals surface area contributed by atoms with Crippen molar-refractivity contribution in [1.82, 2.24) is 15.6 Å². The third kappa shape index (κ3) is 9.05. The molecule has 0 amide bonds. The first-order valence-corrected chi connectivity index (χ1v) is 20.8. The Balaban J connectivity index is 1.05. The molecular formula is C45H60N4O7. The summed E-state index contributed by atoms with van der Waals surface area (Å²) in [6, 6.07) is 5.70. The normalized spacial score (nSPS) is 30.4. The molecule has 3 fully saturated rings. The fourth-order valence-corrected chi connectivity index (χ4v) is 10.1. The number of Topliss-reactive ketones (excluding diaryl/α,β-unsaturated/α-hetero) is 2. The second-order valence-electron chi connectivity index (χ2n) is 17.2. The number of hydrogen-bond acceptors (Lipinski definition) is 10. The van der Waals surface area contributed by atoms with Gasteiger partial charge in [-0.2, -0.15) is 0 Å². The number of ether oxygens (including phenoxy) is 1. The Morgan fingerprint density at radius 1 is 1.07 bits per heavy atom. The van der Waals surface area contributed by atoms with Gasteiger partial charge in [0.05, 0.1) is 31.2 Å². The molecule has 0 bridgehead atoms. The SMILES string of the molecule is COc1cc2c(cc1O)[C@@H](C[C@H](O)[C@H](O)CCC1=C(Cc3cc[nH]c3)CNC(N)=C1)C#C[C@@]1(CC[C@H](CC[C@@H]3CN[C@@H]4CC(=O)CC[C@@H]4C3)C[C@H]1O)C(=O)CC2. The fraction of sp³-hybridized carbons (Fsp3) is 0.600. The highest BCUT2D eigenvalue weighted by atomic mass is 16.5. The maximum Gasteiger partial charge on any atom is 0.160 e. The predicted octanol–water partition coefficient (Wildman–Crippen LogP) is 4.44. The van der Waals surface area contributed by atoms with Gasteiger partial charge in [0.1, 0.15) is 11.2 Å². The number of carbonyl (C=O) groups is 2. The molecule has 3 heterocycles. The predicted molar refractivity (Wildman–Crippen MR) is 213 cm³/mol. The number of phenolic OH excluding ortho intramolecular Hbond substituents is 1. The summed E-state index contributed by atoms with van der Waals surface area (Å²) in [6.07, 6.45) is 12.1. The molecule has 9 N–H and O–H groups in total. The molecule has 1 saturated heterocycles. The minimum Gasteiger partial charge on any atom is -0.504 e. The van der Waals surface area contributed by atoms with Gasteiger partial charge in [0, 0.05) is 50.2 Å². The molecule has 1 spiro atoms.